The lowest BCUT2D eigenvalue weighted by atomic mass is 9.99. The zero-order valence-electron chi connectivity index (χ0n) is 12.6. The van der Waals surface area contributed by atoms with Crippen LogP contribution in [0.15, 0.2) is 12.3 Å². The summed E-state index contributed by atoms with van der Waals surface area (Å²) in [6, 6.07) is 2.56. The molecule has 1 atom stereocenters. The van der Waals surface area contributed by atoms with Crippen LogP contribution in [-0.2, 0) is 11.2 Å². The maximum atomic E-state index is 12.0. The van der Waals surface area contributed by atoms with Crippen molar-refractivity contribution in [2.24, 2.45) is 11.7 Å². The third-order valence-corrected chi connectivity index (χ3v) is 4.32. The highest BCUT2D eigenvalue weighted by atomic mass is 16.1. The minimum absolute atomic E-state index is 0.297. The molecular formula is C16H27N3O. The molecule has 1 fully saturated rings. The fourth-order valence-electron chi connectivity index (χ4n) is 2.97. The number of hydrogen-bond acceptors (Lipinski definition) is 3. The van der Waals surface area contributed by atoms with E-state index in [-0.39, 0.29) is 0 Å². The largest absolute Gasteiger partial charge is 0.330 e. The van der Waals surface area contributed by atoms with Crippen molar-refractivity contribution in [1.82, 2.24) is 9.78 Å². The smallest absolute Gasteiger partial charge is 0.138 e. The highest BCUT2D eigenvalue weighted by molar-refractivity contribution is 5.80. The third kappa shape index (κ3) is 4.44. The molecule has 1 aromatic rings. The summed E-state index contributed by atoms with van der Waals surface area (Å²) in [7, 11) is 0. The second-order valence-corrected chi connectivity index (χ2v) is 6.16. The first kappa shape index (κ1) is 15.2. The lowest BCUT2D eigenvalue weighted by molar-refractivity contribution is -0.118. The van der Waals surface area contributed by atoms with Gasteiger partial charge in [-0.25, -0.2) is 0 Å². The molecule has 1 saturated carbocycles. The van der Waals surface area contributed by atoms with Gasteiger partial charge in [-0.2, -0.15) is 5.10 Å². The quantitative estimate of drug-likeness (QED) is 0.794. The summed E-state index contributed by atoms with van der Waals surface area (Å²) in [5.74, 6) is 0.838. The van der Waals surface area contributed by atoms with Crippen LogP contribution >= 0.6 is 0 Å². The first-order valence-corrected chi connectivity index (χ1v) is 7.95. The molecule has 0 saturated heterocycles. The molecule has 0 bridgehead atoms. The normalized spacial score (nSPS) is 17.5. The molecule has 1 aliphatic carbocycles. The Hall–Kier alpha value is -1.16. The van der Waals surface area contributed by atoms with E-state index in [1.807, 2.05) is 12.3 Å². The number of hydrogen-bond donors (Lipinski definition) is 1. The summed E-state index contributed by atoms with van der Waals surface area (Å²) in [6.45, 7) is 2.87. The van der Waals surface area contributed by atoms with Crippen LogP contribution in [0.5, 0.6) is 0 Å². The Morgan fingerprint density at radius 1 is 1.45 bits per heavy atom. The topological polar surface area (TPSA) is 60.9 Å². The van der Waals surface area contributed by atoms with Gasteiger partial charge in [0.1, 0.15) is 5.78 Å². The van der Waals surface area contributed by atoms with E-state index in [4.69, 9.17) is 5.73 Å². The number of carbonyl (C=O) groups excluding carboxylic acids is 1. The zero-order chi connectivity index (χ0) is 14.4. The van der Waals surface area contributed by atoms with Crippen LogP contribution in [0, 0.1) is 5.92 Å². The predicted molar refractivity (Wildman–Crippen MR) is 80.5 cm³/mol. The number of carbonyl (C=O) groups is 1. The van der Waals surface area contributed by atoms with Crippen molar-refractivity contribution >= 4 is 5.78 Å². The monoisotopic (exact) mass is 277 g/mol. The lowest BCUT2D eigenvalue weighted by Crippen LogP contribution is -2.10. The van der Waals surface area contributed by atoms with Gasteiger partial charge in [0.15, 0.2) is 0 Å². The molecule has 4 heteroatoms. The van der Waals surface area contributed by atoms with Gasteiger partial charge in [0, 0.05) is 12.6 Å². The van der Waals surface area contributed by atoms with Crippen molar-refractivity contribution in [2.45, 2.75) is 64.3 Å². The van der Waals surface area contributed by atoms with E-state index in [0.717, 1.165) is 18.5 Å². The van der Waals surface area contributed by atoms with Gasteiger partial charge in [0.05, 0.1) is 18.2 Å². The Labute approximate surface area is 121 Å². The van der Waals surface area contributed by atoms with E-state index in [1.54, 1.807) is 0 Å². The Balaban J connectivity index is 1.76. The number of aromatic nitrogens is 2. The Morgan fingerprint density at radius 3 is 2.90 bits per heavy atom. The molecule has 112 valence electrons. The summed E-state index contributed by atoms with van der Waals surface area (Å²) in [5.41, 5.74) is 6.45. The highest BCUT2D eigenvalue weighted by Crippen LogP contribution is 2.28. The van der Waals surface area contributed by atoms with Crippen molar-refractivity contribution in [3.63, 3.8) is 0 Å². The van der Waals surface area contributed by atoms with Gasteiger partial charge in [-0.15, -0.1) is 0 Å². The van der Waals surface area contributed by atoms with Crippen LogP contribution in [0.4, 0.5) is 0 Å². The van der Waals surface area contributed by atoms with Crippen molar-refractivity contribution in [1.29, 1.82) is 0 Å². The summed E-state index contributed by atoms with van der Waals surface area (Å²) in [6.07, 6.45) is 10.2. The molecule has 1 heterocycles. The van der Waals surface area contributed by atoms with E-state index in [9.17, 15) is 4.79 Å². The summed E-state index contributed by atoms with van der Waals surface area (Å²) >= 11 is 0. The standard InChI is InChI=1S/C16H27N3O/c1-13(8-10-17)6-7-16(20)12-14-9-11-19(18-14)15-4-2-3-5-15/h9,11,13,15H,2-8,10,12,17H2,1H3. The van der Waals surface area contributed by atoms with Crippen molar-refractivity contribution < 1.29 is 4.79 Å². The molecule has 0 spiro atoms. The van der Waals surface area contributed by atoms with Crippen molar-refractivity contribution in [2.75, 3.05) is 6.54 Å². The maximum Gasteiger partial charge on any atom is 0.138 e. The minimum atomic E-state index is 0.297. The van der Waals surface area contributed by atoms with Crippen LogP contribution in [0.3, 0.4) is 0 Å². The average molecular weight is 277 g/mol. The molecule has 0 radical (unpaired) electrons. The molecule has 2 rings (SSSR count). The van der Waals surface area contributed by atoms with Gasteiger partial charge < -0.3 is 5.73 Å². The number of Topliss-reactive ketones (excluding diaryl/α,β-unsaturated/α-hetero) is 1. The summed E-state index contributed by atoms with van der Waals surface area (Å²) < 4.78 is 2.06. The fraction of sp³-hybridized carbons (Fsp3) is 0.750. The fourth-order valence-corrected chi connectivity index (χ4v) is 2.97. The Morgan fingerprint density at radius 2 is 2.20 bits per heavy atom. The SMILES string of the molecule is CC(CCN)CCC(=O)Cc1ccn(C2CCCC2)n1. The van der Waals surface area contributed by atoms with Gasteiger partial charge in [0.2, 0.25) is 0 Å². The number of nitrogens with zero attached hydrogens (tertiary/aromatic N) is 2. The second-order valence-electron chi connectivity index (χ2n) is 6.16. The van der Waals surface area contributed by atoms with Gasteiger partial charge in [-0.1, -0.05) is 19.8 Å². The van der Waals surface area contributed by atoms with Gasteiger partial charge in [-0.05, 0) is 44.2 Å². The molecule has 0 aromatic carbocycles. The van der Waals surface area contributed by atoms with Crippen LogP contribution < -0.4 is 5.73 Å². The minimum Gasteiger partial charge on any atom is -0.330 e. The first-order valence-electron chi connectivity index (χ1n) is 7.95. The van der Waals surface area contributed by atoms with Crippen molar-refractivity contribution in [3.8, 4) is 0 Å². The number of rotatable bonds is 8. The molecule has 2 N–H and O–H groups in total. The van der Waals surface area contributed by atoms with Crippen LogP contribution in [0.1, 0.15) is 63.6 Å². The second kappa shape index (κ2) is 7.58. The molecule has 0 amide bonds. The van der Waals surface area contributed by atoms with Crippen LogP contribution in [0.2, 0.25) is 0 Å². The van der Waals surface area contributed by atoms with Crippen molar-refractivity contribution in [3.05, 3.63) is 18.0 Å². The van der Waals surface area contributed by atoms with Gasteiger partial charge in [-0.3, -0.25) is 9.48 Å². The summed E-state index contributed by atoms with van der Waals surface area (Å²) in [4.78, 5) is 12.0. The van der Waals surface area contributed by atoms with Gasteiger partial charge in [0.25, 0.3) is 0 Å². The van der Waals surface area contributed by atoms with E-state index in [1.165, 1.54) is 25.7 Å². The molecule has 1 unspecified atom stereocenters. The molecule has 1 aliphatic rings. The van der Waals surface area contributed by atoms with Crippen LogP contribution in [-0.4, -0.2) is 22.1 Å². The zero-order valence-corrected chi connectivity index (χ0v) is 12.6. The molecular weight excluding hydrogens is 250 g/mol. The molecule has 0 aliphatic heterocycles. The predicted octanol–water partition coefficient (Wildman–Crippen LogP) is 2.87. The number of nitrogens with two attached hydrogens (primary N) is 1. The third-order valence-electron chi connectivity index (χ3n) is 4.32. The Bertz CT molecular complexity index is 421. The van der Waals surface area contributed by atoms with E-state index >= 15 is 0 Å². The Kier molecular flexibility index (Phi) is 5.77. The van der Waals surface area contributed by atoms with E-state index in [0.29, 0.717) is 37.1 Å². The maximum absolute atomic E-state index is 12.0. The van der Waals surface area contributed by atoms with Crippen LogP contribution in [0.25, 0.3) is 0 Å². The average Bonchev–Trinajstić information content (AvgIpc) is 3.07. The highest BCUT2D eigenvalue weighted by Gasteiger charge is 2.18. The molecule has 20 heavy (non-hydrogen) atoms. The molecule has 4 nitrogen and oxygen atoms in total. The van der Waals surface area contributed by atoms with E-state index < -0.39 is 0 Å². The first-order chi connectivity index (χ1) is 9.69. The molecule has 1 aromatic heterocycles. The lowest BCUT2D eigenvalue weighted by Gasteiger charge is -2.09. The summed E-state index contributed by atoms with van der Waals surface area (Å²) in [5, 5.41) is 4.57. The number of ketones is 1. The van der Waals surface area contributed by atoms with Gasteiger partial charge >= 0.3 is 0 Å². The van der Waals surface area contributed by atoms with E-state index in [2.05, 4.69) is 16.7 Å².